The fourth-order valence-electron chi connectivity index (χ4n) is 0.335. The van der Waals surface area contributed by atoms with Gasteiger partial charge in [-0.2, -0.15) is 0 Å². The van der Waals surface area contributed by atoms with Crippen molar-refractivity contribution < 1.29 is 4.99 Å². The lowest BCUT2D eigenvalue weighted by molar-refractivity contribution is -0.459. The maximum absolute atomic E-state index is 5.18. The van der Waals surface area contributed by atoms with E-state index >= 15 is 0 Å². The number of nitrogens with two attached hydrogens (primary N) is 3. The molecule has 8 heavy (non-hydrogen) atoms. The minimum Gasteiger partial charge on any atom is -0.330 e. The van der Waals surface area contributed by atoms with Crippen molar-refractivity contribution in [1.82, 2.24) is 0 Å². The minimum absolute atomic E-state index is 0.262. The predicted octanol–water partition coefficient (Wildman–Crippen LogP) is -3.31. The number of rotatable bonds is 3. The maximum Gasteiger partial charge on any atom is 0.338 e. The molecule has 0 saturated heterocycles. The highest BCUT2D eigenvalue weighted by atomic mass is 15.0. The Bertz CT molecular complexity index is 74.1. The molecule has 0 radical (unpaired) electrons. The van der Waals surface area contributed by atoms with E-state index in [9.17, 15) is 0 Å². The highest BCUT2D eigenvalue weighted by Crippen LogP contribution is 1.57. The molecule has 0 saturated carbocycles. The highest BCUT2D eigenvalue weighted by Gasteiger charge is 1.83. The standard InChI is InChI=1S/C4H12N4/c5-2-1-3-8-4(6)7/h1-3,5H2,(H4,6,7,8)/p+1. The van der Waals surface area contributed by atoms with Crippen LogP contribution in [0, 0.1) is 0 Å². The van der Waals surface area contributed by atoms with Gasteiger partial charge in [-0.3, -0.25) is 16.5 Å². The van der Waals surface area contributed by atoms with E-state index in [1.54, 1.807) is 0 Å². The Labute approximate surface area is 48.7 Å². The van der Waals surface area contributed by atoms with Gasteiger partial charge in [0, 0.05) is 0 Å². The van der Waals surface area contributed by atoms with E-state index in [0.717, 1.165) is 13.0 Å². The van der Waals surface area contributed by atoms with Crippen molar-refractivity contribution in [2.75, 3.05) is 13.1 Å². The van der Waals surface area contributed by atoms with Crippen molar-refractivity contribution >= 4 is 5.96 Å². The fourth-order valence-corrected chi connectivity index (χ4v) is 0.335. The van der Waals surface area contributed by atoms with Gasteiger partial charge in [-0.05, 0) is 13.0 Å². The van der Waals surface area contributed by atoms with E-state index in [-0.39, 0.29) is 5.96 Å². The second kappa shape index (κ2) is 4.39. The molecule has 0 heterocycles. The second-order valence-corrected chi connectivity index (χ2v) is 1.52. The van der Waals surface area contributed by atoms with Crippen LogP contribution in [-0.4, -0.2) is 19.0 Å². The van der Waals surface area contributed by atoms with Crippen LogP contribution in [0.25, 0.3) is 0 Å². The molecule has 0 aromatic carbocycles. The molecule has 0 bridgehead atoms. The molecule has 48 valence electrons. The molecule has 0 spiro atoms. The van der Waals surface area contributed by atoms with Gasteiger partial charge in [0.1, 0.15) is 0 Å². The monoisotopic (exact) mass is 117 g/mol. The Balaban J connectivity index is 3.03. The molecule has 0 rings (SSSR count). The zero-order valence-electron chi connectivity index (χ0n) is 4.85. The molecule has 0 aromatic heterocycles. The Hall–Kier alpha value is -0.770. The fraction of sp³-hybridized carbons (Fsp3) is 0.750. The van der Waals surface area contributed by atoms with Crippen LogP contribution in [0.5, 0.6) is 0 Å². The minimum atomic E-state index is 0.262. The van der Waals surface area contributed by atoms with Gasteiger partial charge in [-0.1, -0.05) is 0 Å². The van der Waals surface area contributed by atoms with Crippen molar-refractivity contribution in [3.8, 4) is 0 Å². The van der Waals surface area contributed by atoms with E-state index in [0.29, 0.717) is 6.54 Å². The van der Waals surface area contributed by atoms with Crippen LogP contribution in [-0.2, 0) is 0 Å². The summed E-state index contributed by atoms with van der Waals surface area (Å²) in [4.78, 5) is 2.74. The number of hydrogen-bond donors (Lipinski definition) is 4. The first kappa shape index (κ1) is 7.23. The topological polar surface area (TPSA) is 92.0 Å². The summed E-state index contributed by atoms with van der Waals surface area (Å²) in [6.45, 7) is 1.43. The summed E-state index contributed by atoms with van der Waals surface area (Å²) in [5.41, 5.74) is 15.3. The van der Waals surface area contributed by atoms with Gasteiger partial charge in [0.2, 0.25) is 0 Å². The van der Waals surface area contributed by atoms with E-state index in [4.69, 9.17) is 17.2 Å². The number of hydrogen-bond acceptors (Lipinski definition) is 1. The third-order valence-corrected chi connectivity index (χ3v) is 0.710. The summed E-state index contributed by atoms with van der Waals surface area (Å²) in [5.74, 6) is 0.262. The van der Waals surface area contributed by atoms with E-state index in [1.807, 2.05) is 0 Å². The van der Waals surface area contributed by atoms with Crippen molar-refractivity contribution in [2.24, 2.45) is 17.2 Å². The van der Waals surface area contributed by atoms with Crippen molar-refractivity contribution in [2.45, 2.75) is 6.42 Å². The van der Waals surface area contributed by atoms with E-state index in [1.165, 1.54) is 0 Å². The molecule has 0 aromatic rings. The lowest BCUT2D eigenvalue weighted by Crippen LogP contribution is -2.78. The van der Waals surface area contributed by atoms with E-state index < -0.39 is 0 Å². The lowest BCUT2D eigenvalue weighted by atomic mass is 10.4. The summed E-state index contributed by atoms with van der Waals surface area (Å²) < 4.78 is 0. The third-order valence-electron chi connectivity index (χ3n) is 0.710. The van der Waals surface area contributed by atoms with Gasteiger partial charge in [0.15, 0.2) is 0 Å². The van der Waals surface area contributed by atoms with Crippen LogP contribution < -0.4 is 22.2 Å². The quantitative estimate of drug-likeness (QED) is 0.177. The molecular weight excluding hydrogens is 104 g/mol. The average Bonchev–Trinajstić information content (AvgIpc) is 1.66. The third kappa shape index (κ3) is 5.23. The molecule has 4 nitrogen and oxygen atoms in total. The zero-order valence-corrected chi connectivity index (χ0v) is 4.85. The molecule has 0 unspecified atom stereocenters. The van der Waals surface area contributed by atoms with Gasteiger partial charge >= 0.3 is 5.96 Å². The van der Waals surface area contributed by atoms with Crippen LogP contribution in [0.1, 0.15) is 6.42 Å². The first-order valence-electron chi connectivity index (χ1n) is 2.59. The van der Waals surface area contributed by atoms with Gasteiger partial charge < -0.3 is 5.73 Å². The largest absolute Gasteiger partial charge is 0.338 e. The van der Waals surface area contributed by atoms with Crippen LogP contribution in [0.3, 0.4) is 0 Å². The Morgan fingerprint density at radius 1 is 1.38 bits per heavy atom. The van der Waals surface area contributed by atoms with Gasteiger partial charge in [-0.15, -0.1) is 0 Å². The SMILES string of the molecule is NCCC[NH+]=C(N)N. The summed E-state index contributed by atoms with van der Waals surface area (Å²) in [6, 6.07) is 0. The summed E-state index contributed by atoms with van der Waals surface area (Å²) in [5, 5.41) is 0. The first-order valence-corrected chi connectivity index (χ1v) is 2.59. The summed E-state index contributed by atoms with van der Waals surface area (Å²) in [6.07, 6.45) is 0.901. The van der Waals surface area contributed by atoms with E-state index in [2.05, 4.69) is 4.99 Å². The molecule has 7 N–H and O–H groups in total. The molecule has 0 amide bonds. The number of guanidine groups is 1. The van der Waals surface area contributed by atoms with Crippen molar-refractivity contribution in [3.05, 3.63) is 0 Å². The lowest BCUT2D eigenvalue weighted by Gasteiger charge is -1.86. The maximum atomic E-state index is 5.18. The highest BCUT2D eigenvalue weighted by molar-refractivity contribution is 5.69. The summed E-state index contributed by atoms with van der Waals surface area (Å²) >= 11 is 0. The van der Waals surface area contributed by atoms with Crippen LogP contribution in [0.2, 0.25) is 0 Å². The molecule has 0 atom stereocenters. The van der Waals surface area contributed by atoms with Crippen LogP contribution in [0.15, 0.2) is 0 Å². The van der Waals surface area contributed by atoms with Gasteiger partial charge in [0.25, 0.3) is 0 Å². The smallest absolute Gasteiger partial charge is 0.330 e. The van der Waals surface area contributed by atoms with Gasteiger partial charge in [-0.25, -0.2) is 0 Å². The average molecular weight is 117 g/mol. The zero-order chi connectivity index (χ0) is 6.41. The molecule has 4 heteroatoms. The predicted molar refractivity (Wildman–Crippen MR) is 32.9 cm³/mol. The van der Waals surface area contributed by atoms with Crippen LogP contribution in [0.4, 0.5) is 0 Å². The van der Waals surface area contributed by atoms with Gasteiger partial charge in [0.05, 0.1) is 6.54 Å². The Morgan fingerprint density at radius 3 is 2.38 bits per heavy atom. The second-order valence-electron chi connectivity index (χ2n) is 1.52. The molecule has 0 fully saturated rings. The molecule has 0 aliphatic heterocycles. The van der Waals surface area contributed by atoms with Crippen molar-refractivity contribution in [1.29, 1.82) is 0 Å². The Morgan fingerprint density at radius 2 is 2.00 bits per heavy atom. The van der Waals surface area contributed by atoms with Crippen LogP contribution >= 0.6 is 0 Å². The summed E-state index contributed by atoms with van der Waals surface area (Å²) in [7, 11) is 0. The molecule has 0 aliphatic carbocycles. The molecular formula is C4H13N4+. The first-order chi connectivity index (χ1) is 3.77. The van der Waals surface area contributed by atoms with Crippen molar-refractivity contribution in [3.63, 3.8) is 0 Å². The Kier molecular flexibility index (Phi) is 3.97. The molecule has 0 aliphatic rings. The number of nitrogens with one attached hydrogen (secondary N) is 1. The normalized spacial score (nSPS) is 8.62.